The van der Waals surface area contributed by atoms with Crippen molar-refractivity contribution >= 4 is 60.2 Å². The predicted molar refractivity (Wildman–Crippen MR) is 230 cm³/mol. The van der Waals surface area contributed by atoms with E-state index in [2.05, 4.69) is 20.5 Å². The van der Waals surface area contributed by atoms with Gasteiger partial charge in [-0.3, -0.25) is 19.1 Å². The molecule has 2 aromatic carbocycles. The van der Waals surface area contributed by atoms with Gasteiger partial charge in [0.2, 0.25) is 15.9 Å². The highest BCUT2D eigenvalue weighted by Crippen LogP contribution is 2.68. The largest absolute Gasteiger partial charge is 0.446 e. The number of hydrogen-bond donors (Lipinski definition) is 2. The number of nitrogens with one attached hydrogen (secondary N) is 1. The molecular formula is C42H40ClF10N7O8S2. The van der Waals surface area contributed by atoms with E-state index in [1.54, 1.807) is 0 Å². The molecule has 7 rings (SSSR count). The second-order valence-electron chi connectivity index (χ2n) is 17.5. The Morgan fingerprint density at radius 2 is 1.61 bits per heavy atom. The SMILES string of the molecule is CC(C)(CCc1ccc(-c2ccc(Cl)c3c(N(C(=O)OCCO)S(C)(=O)=O)nn(CC(F)(F)F)c23)c([C@H](Cc2cc(F)cc(F)c2)NC(=O)Cn2nc(C(F)(F)F)c3c2C(F)(F)[C@@H]2CC32)n1)S(C)(=O)=O. The Balaban J connectivity index is 1.46. The molecule has 0 aliphatic heterocycles. The number of rotatable bonds is 16. The minimum Gasteiger partial charge on any atom is -0.446 e. The highest BCUT2D eigenvalue weighted by atomic mass is 35.5. The van der Waals surface area contributed by atoms with Crippen molar-refractivity contribution in [3.05, 3.63) is 93.0 Å². The number of sulfonamides is 1. The standard InChI is InChI=1S/C42H40ClF10N7O8S2/c1-39(2,69(3,64)65)10-9-23-5-6-24(25-7-8-28(43)32-34(25)59(19-40(46,47)48)57-37(32)60(70(4,66)67)38(63)68-12-11-61)33(54-23)29(15-20-13-21(44)16-22(45)14-20)55-30(62)18-58-36-31(35(56-58)42(51,52)53)26-17-27(26)41(36,49)50/h5-8,13-14,16,26-27,29,61H,9-12,15,17-19H2,1-4H3,(H,55,62)/t26?,27-,29+/m1/s1. The number of ether oxygens (including phenoxy) is 1. The molecule has 1 unspecified atom stereocenters. The lowest BCUT2D eigenvalue weighted by atomic mass is 9.93. The maximum atomic E-state index is 15.6. The maximum Gasteiger partial charge on any atom is 0.435 e. The summed E-state index contributed by atoms with van der Waals surface area (Å²) in [5.74, 6) is -11.1. The van der Waals surface area contributed by atoms with E-state index in [1.807, 2.05) is 0 Å². The first-order valence-electron chi connectivity index (χ1n) is 20.8. The number of halogens is 11. The van der Waals surface area contributed by atoms with Crippen LogP contribution in [-0.2, 0) is 67.4 Å². The van der Waals surface area contributed by atoms with E-state index in [0.717, 1.165) is 30.5 Å². The molecule has 5 aromatic rings. The van der Waals surface area contributed by atoms with E-state index in [4.69, 9.17) is 16.3 Å². The Bertz CT molecular complexity index is 3120. The zero-order chi connectivity index (χ0) is 51.8. The number of carbonyl (C=O) groups is 2. The summed E-state index contributed by atoms with van der Waals surface area (Å²) in [4.78, 5) is 32.0. The highest BCUT2D eigenvalue weighted by Gasteiger charge is 2.68. The number of anilines is 1. The van der Waals surface area contributed by atoms with Crippen molar-refractivity contribution in [1.29, 1.82) is 0 Å². The van der Waals surface area contributed by atoms with Gasteiger partial charge in [0.05, 0.1) is 45.3 Å². The van der Waals surface area contributed by atoms with Crippen LogP contribution in [0.5, 0.6) is 0 Å². The molecule has 2 aliphatic rings. The molecule has 0 spiro atoms. The lowest BCUT2D eigenvalue weighted by Gasteiger charge is -2.25. The van der Waals surface area contributed by atoms with Crippen LogP contribution in [0, 0.1) is 17.6 Å². The number of benzene rings is 2. The molecule has 1 fully saturated rings. The van der Waals surface area contributed by atoms with Crippen molar-refractivity contribution in [1.82, 2.24) is 29.9 Å². The summed E-state index contributed by atoms with van der Waals surface area (Å²) in [6.45, 7) is -2.03. The van der Waals surface area contributed by atoms with Crippen LogP contribution in [0.3, 0.4) is 0 Å². The summed E-state index contributed by atoms with van der Waals surface area (Å²) in [6, 6.07) is 5.12. The zero-order valence-corrected chi connectivity index (χ0v) is 39.3. The van der Waals surface area contributed by atoms with E-state index < -0.39 is 156 Å². The van der Waals surface area contributed by atoms with Gasteiger partial charge >= 0.3 is 18.4 Å². The van der Waals surface area contributed by atoms with Crippen molar-refractivity contribution in [3.63, 3.8) is 0 Å². The Morgan fingerprint density at radius 3 is 2.20 bits per heavy atom. The molecule has 3 atom stereocenters. The van der Waals surface area contributed by atoms with Crippen molar-refractivity contribution in [2.24, 2.45) is 5.92 Å². The van der Waals surface area contributed by atoms with Gasteiger partial charge in [0.25, 0.3) is 5.92 Å². The molecular weight excluding hydrogens is 1020 g/mol. The second-order valence-corrected chi connectivity index (χ2v) is 22.4. The third-order valence-electron chi connectivity index (χ3n) is 11.9. The Hall–Kier alpha value is -5.54. The van der Waals surface area contributed by atoms with Crippen LogP contribution in [0.4, 0.5) is 54.5 Å². The molecule has 1 saturated carbocycles. The van der Waals surface area contributed by atoms with Gasteiger partial charge in [-0.2, -0.15) is 49.6 Å². The second kappa shape index (κ2) is 18.3. The van der Waals surface area contributed by atoms with E-state index in [0.29, 0.717) is 12.3 Å². The Labute approximate surface area is 396 Å². The van der Waals surface area contributed by atoms with Gasteiger partial charge in [-0.1, -0.05) is 23.7 Å². The first-order chi connectivity index (χ1) is 32.2. The minimum absolute atomic E-state index is 0.0447. The average Bonchev–Trinajstić information content (AvgIpc) is 3.73. The number of aryl methyl sites for hydroxylation is 1. The molecule has 0 bridgehead atoms. The summed E-state index contributed by atoms with van der Waals surface area (Å²) >= 11 is 6.57. The van der Waals surface area contributed by atoms with Crippen molar-refractivity contribution in [2.75, 3.05) is 30.0 Å². The predicted octanol–water partition coefficient (Wildman–Crippen LogP) is 7.77. The van der Waals surface area contributed by atoms with E-state index in [1.165, 1.54) is 26.0 Å². The van der Waals surface area contributed by atoms with Gasteiger partial charge < -0.3 is 15.2 Å². The van der Waals surface area contributed by atoms with Gasteiger partial charge in [0.1, 0.15) is 37.0 Å². The van der Waals surface area contributed by atoms with Gasteiger partial charge in [-0.25, -0.2) is 30.4 Å². The van der Waals surface area contributed by atoms with E-state index in [-0.39, 0.29) is 61.0 Å². The molecule has 3 heterocycles. The van der Waals surface area contributed by atoms with Gasteiger partial charge in [0.15, 0.2) is 21.3 Å². The molecule has 2 N–H and O–H groups in total. The highest BCUT2D eigenvalue weighted by molar-refractivity contribution is 7.92. The average molecular weight is 1060 g/mol. The number of aromatic nitrogens is 5. The van der Waals surface area contributed by atoms with Crippen molar-refractivity contribution in [3.8, 4) is 11.1 Å². The van der Waals surface area contributed by atoms with E-state index in [9.17, 15) is 66.7 Å². The summed E-state index contributed by atoms with van der Waals surface area (Å²) < 4.78 is 202. The summed E-state index contributed by atoms with van der Waals surface area (Å²) in [7, 11) is -8.57. The third-order valence-corrected chi connectivity index (χ3v) is 15.5. The van der Waals surface area contributed by atoms with Crippen LogP contribution in [0.25, 0.3) is 22.0 Å². The quantitative estimate of drug-likeness (QED) is 0.0917. The normalized spacial score (nSPS) is 17.3. The fourth-order valence-electron chi connectivity index (χ4n) is 8.39. The first-order valence-corrected chi connectivity index (χ1v) is 24.9. The van der Waals surface area contributed by atoms with Gasteiger partial charge in [0, 0.05) is 40.6 Å². The third kappa shape index (κ3) is 10.4. The molecule has 3 aromatic heterocycles. The molecule has 2 aliphatic carbocycles. The van der Waals surface area contributed by atoms with Crippen LogP contribution < -0.4 is 9.62 Å². The molecule has 0 radical (unpaired) electrons. The number of fused-ring (bicyclic) bond motifs is 4. The fraction of sp³-hybridized carbons (Fsp3) is 0.452. The number of nitrogens with zero attached hydrogens (tertiary/aromatic N) is 6. The number of sulfone groups is 1. The van der Waals surface area contributed by atoms with Crippen molar-refractivity contribution in [2.45, 2.75) is 87.6 Å². The van der Waals surface area contributed by atoms with Crippen LogP contribution >= 0.6 is 11.6 Å². The number of aliphatic hydroxyl groups is 1. The smallest absolute Gasteiger partial charge is 0.435 e. The Morgan fingerprint density at radius 1 is 0.971 bits per heavy atom. The number of pyridine rings is 1. The first kappa shape index (κ1) is 52.3. The number of aliphatic hydroxyl groups excluding tert-OH is 1. The van der Waals surface area contributed by atoms with Crippen LogP contribution in [0.2, 0.25) is 5.02 Å². The number of alkyl halides is 8. The van der Waals surface area contributed by atoms with Gasteiger partial charge in [-0.05, 0) is 75.3 Å². The molecule has 2 amide bonds. The summed E-state index contributed by atoms with van der Waals surface area (Å²) in [5.41, 5.74) is -5.33. The molecule has 380 valence electrons. The lowest BCUT2D eigenvalue weighted by Crippen LogP contribution is -2.37. The van der Waals surface area contributed by atoms with Crippen LogP contribution in [0.1, 0.15) is 72.6 Å². The number of hydrogen-bond acceptors (Lipinski definition) is 11. The Kier molecular flexibility index (Phi) is 13.6. The summed E-state index contributed by atoms with van der Waals surface area (Å²) in [6.07, 6.45) is -11.8. The van der Waals surface area contributed by atoms with Crippen molar-refractivity contribution < 1.29 is 80.2 Å². The molecule has 0 saturated heterocycles. The van der Waals surface area contributed by atoms with Crippen LogP contribution in [-0.4, -0.2) is 95.1 Å². The molecule has 15 nitrogen and oxygen atoms in total. The monoisotopic (exact) mass is 1060 g/mol. The zero-order valence-electron chi connectivity index (χ0n) is 36.9. The minimum atomic E-state index is -5.21. The number of carbonyl (C=O) groups excluding carboxylic acids is 2. The number of amides is 2. The topological polar surface area (TPSA) is 196 Å². The van der Waals surface area contributed by atoms with Crippen LogP contribution in [0.15, 0.2) is 42.5 Å². The maximum absolute atomic E-state index is 15.6. The molecule has 28 heteroatoms. The lowest BCUT2D eigenvalue weighted by molar-refractivity contribution is -0.143. The fourth-order valence-corrected chi connectivity index (χ4v) is 9.86. The molecule has 70 heavy (non-hydrogen) atoms. The van der Waals surface area contributed by atoms with E-state index >= 15 is 8.78 Å². The summed E-state index contributed by atoms with van der Waals surface area (Å²) in [5, 5.41) is 17.8. The van der Waals surface area contributed by atoms with Gasteiger partial charge in [-0.15, -0.1) is 0 Å².